The van der Waals surface area contributed by atoms with Gasteiger partial charge in [-0.3, -0.25) is 4.68 Å². The zero-order chi connectivity index (χ0) is 13.9. The molecule has 2 atom stereocenters. The number of aryl methyl sites for hydroxylation is 3. The number of hydrogen-bond acceptors (Lipinski definition) is 2. The second-order valence-electron chi connectivity index (χ2n) is 5.90. The lowest BCUT2D eigenvalue weighted by atomic mass is 9.80. The van der Waals surface area contributed by atoms with Gasteiger partial charge < -0.3 is 5.11 Å². The van der Waals surface area contributed by atoms with Crippen LogP contribution in [0.25, 0.3) is 0 Å². The van der Waals surface area contributed by atoms with Crippen molar-refractivity contribution in [2.45, 2.75) is 38.2 Å². The van der Waals surface area contributed by atoms with Gasteiger partial charge in [-0.15, -0.1) is 0 Å². The van der Waals surface area contributed by atoms with Crippen LogP contribution in [-0.4, -0.2) is 21.0 Å². The van der Waals surface area contributed by atoms with Gasteiger partial charge in [-0.2, -0.15) is 5.10 Å². The molecule has 1 aliphatic rings. The molecule has 2 unspecified atom stereocenters. The second kappa shape index (κ2) is 5.80. The topological polar surface area (TPSA) is 38.0 Å². The average molecular weight is 270 g/mol. The third-order valence-electron chi connectivity index (χ3n) is 4.42. The van der Waals surface area contributed by atoms with Crippen LogP contribution < -0.4 is 0 Å². The molecule has 0 saturated heterocycles. The second-order valence-corrected chi connectivity index (χ2v) is 5.90. The van der Waals surface area contributed by atoms with Crippen LogP contribution >= 0.6 is 0 Å². The highest BCUT2D eigenvalue weighted by Crippen LogP contribution is 2.28. The van der Waals surface area contributed by atoms with E-state index in [9.17, 15) is 5.11 Å². The maximum Gasteiger partial charge on any atom is 0.0574 e. The van der Waals surface area contributed by atoms with E-state index in [1.165, 1.54) is 16.7 Å². The van der Waals surface area contributed by atoms with Crippen molar-refractivity contribution in [2.75, 3.05) is 0 Å². The molecule has 0 saturated carbocycles. The number of aliphatic hydroxyl groups excluding tert-OH is 1. The summed E-state index contributed by atoms with van der Waals surface area (Å²) in [7, 11) is 1.93. The van der Waals surface area contributed by atoms with Gasteiger partial charge in [0.15, 0.2) is 0 Å². The summed E-state index contributed by atoms with van der Waals surface area (Å²) in [6.45, 7) is 0. The molecule has 2 aromatic rings. The minimum Gasteiger partial charge on any atom is -0.393 e. The van der Waals surface area contributed by atoms with Crippen LogP contribution in [0.2, 0.25) is 0 Å². The van der Waals surface area contributed by atoms with Crippen molar-refractivity contribution in [3.8, 4) is 0 Å². The standard InChI is InChI=1S/C17H22N2O/c1-19-12-13(11-18-19)6-9-17(20)16-8-7-14-4-2-3-5-15(14)10-16/h2-5,11-12,16-17,20H,6-10H2,1H3. The van der Waals surface area contributed by atoms with Crippen molar-refractivity contribution < 1.29 is 5.11 Å². The van der Waals surface area contributed by atoms with Gasteiger partial charge in [0.2, 0.25) is 0 Å². The SMILES string of the molecule is Cn1cc(CCC(O)C2CCc3ccccc3C2)cn1. The van der Waals surface area contributed by atoms with E-state index in [-0.39, 0.29) is 6.10 Å². The smallest absolute Gasteiger partial charge is 0.0574 e. The van der Waals surface area contributed by atoms with Crippen LogP contribution in [0.15, 0.2) is 36.7 Å². The van der Waals surface area contributed by atoms with E-state index in [0.717, 1.165) is 32.1 Å². The molecular formula is C17H22N2O. The lowest BCUT2D eigenvalue weighted by Crippen LogP contribution is -2.27. The molecule has 1 aliphatic carbocycles. The van der Waals surface area contributed by atoms with Gasteiger partial charge in [-0.25, -0.2) is 0 Å². The predicted octanol–water partition coefficient (Wildman–Crippen LogP) is 2.52. The Morgan fingerprint density at radius 3 is 2.90 bits per heavy atom. The van der Waals surface area contributed by atoms with E-state index in [0.29, 0.717) is 5.92 Å². The molecule has 1 aromatic carbocycles. The first-order valence-electron chi connectivity index (χ1n) is 7.45. The molecule has 3 heteroatoms. The van der Waals surface area contributed by atoms with E-state index in [2.05, 4.69) is 29.4 Å². The van der Waals surface area contributed by atoms with Crippen molar-refractivity contribution >= 4 is 0 Å². The largest absolute Gasteiger partial charge is 0.393 e. The van der Waals surface area contributed by atoms with Gasteiger partial charge in [0.25, 0.3) is 0 Å². The quantitative estimate of drug-likeness (QED) is 0.927. The van der Waals surface area contributed by atoms with E-state index < -0.39 is 0 Å². The molecule has 3 nitrogen and oxygen atoms in total. The molecule has 0 amide bonds. The highest BCUT2D eigenvalue weighted by atomic mass is 16.3. The summed E-state index contributed by atoms with van der Waals surface area (Å²) in [5.74, 6) is 0.404. The number of fused-ring (bicyclic) bond motifs is 1. The summed E-state index contributed by atoms with van der Waals surface area (Å²) in [4.78, 5) is 0. The molecule has 1 N–H and O–H groups in total. The zero-order valence-corrected chi connectivity index (χ0v) is 12.0. The third kappa shape index (κ3) is 2.93. The fourth-order valence-electron chi connectivity index (χ4n) is 3.21. The minimum atomic E-state index is -0.205. The number of nitrogens with zero attached hydrogens (tertiary/aromatic N) is 2. The average Bonchev–Trinajstić information content (AvgIpc) is 2.90. The van der Waals surface area contributed by atoms with Gasteiger partial charge in [-0.05, 0) is 54.7 Å². The van der Waals surface area contributed by atoms with Crippen molar-refractivity contribution in [2.24, 2.45) is 13.0 Å². The number of aliphatic hydroxyl groups is 1. The Morgan fingerprint density at radius 2 is 2.15 bits per heavy atom. The molecule has 106 valence electrons. The molecule has 0 aliphatic heterocycles. The molecule has 3 rings (SSSR count). The Balaban J connectivity index is 1.57. The van der Waals surface area contributed by atoms with E-state index >= 15 is 0 Å². The maximum absolute atomic E-state index is 10.4. The van der Waals surface area contributed by atoms with Crippen molar-refractivity contribution in [1.82, 2.24) is 9.78 Å². The fourth-order valence-corrected chi connectivity index (χ4v) is 3.21. The fraction of sp³-hybridized carbons (Fsp3) is 0.471. The minimum absolute atomic E-state index is 0.205. The number of aromatic nitrogens is 2. The molecule has 0 radical (unpaired) electrons. The van der Waals surface area contributed by atoms with Gasteiger partial charge in [0, 0.05) is 13.2 Å². The number of benzene rings is 1. The van der Waals surface area contributed by atoms with Gasteiger partial charge in [0.05, 0.1) is 12.3 Å². The Labute approximate surface area is 120 Å². The summed E-state index contributed by atoms with van der Waals surface area (Å²) in [5.41, 5.74) is 4.09. The molecule has 0 bridgehead atoms. The summed E-state index contributed by atoms with van der Waals surface area (Å²) < 4.78 is 1.82. The molecule has 1 aromatic heterocycles. The summed E-state index contributed by atoms with van der Waals surface area (Å²) in [6, 6.07) is 8.63. The van der Waals surface area contributed by atoms with Gasteiger partial charge >= 0.3 is 0 Å². The number of hydrogen-bond donors (Lipinski definition) is 1. The van der Waals surface area contributed by atoms with Gasteiger partial charge in [-0.1, -0.05) is 24.3 Å². The lowest BCUT2D eigenvalue weighted by molar-refractivity contribution is 0.0911. The number of rotatable bonds is 4. The van der Waals surface area contributed by atoms with Crippen molar-refractivity contribution in [1.29, 1.82) is 0 Å². The van der Waals surface area contributed by atoms with Crippen LogP contribution in [0, 0.1) is 5.92 Å². The zero-order valence-electron chi connectivity index (χ0n) is 12.0. The van der Waals surface area contributed by atoms with Gasteiger partial charge in [0.1, 0.15) is 0 Å². The Hall–Kier alpha value is -1.61. The summed E-state index contributed by atoms with van der Waals surface area (Å²) >= 11 is 0. The highest BCUT2D eigenvalue weighted by molar-refractivity contribution is 5.29. The normalized spacial score (nSPS) is 19.6. The van der Waals surface area contributed by atoms with Crippen LogP contribution in [-0.2, 0) is 26.3 Å². The summed E-state index contributed by atoms with van der Waals surface area (Å²) in [5, 5.41) is 14.6. The molecule has 1 heterocycles. The first kappa shape index (κ1) is 13.4. The highest BCUT2D eigenvalue weighted by Gasteiger charge is 2.24. The maximum atomic E-state index is 10.4. The predicted molar refractivity (Wildman–Crippen MR) is 79.5 cm³/mol. The van der Waals surface area contributed by atoms with Crippen LogP contribution in [0.5, 0.6) is 0 Å². The Bertz CT molecular complexity index is 576. The molecule has 20 heavy (non-hydrogen) atoms. The summed E-state index contributed by atoms with van der Waals surface area (Å²) in [6.07, 6.45) is 8.68. The molecule has 0 spiro atoms. The van der Waals surface area contributed by atoms with E-state index in [1.807, 2.05) is 24.1 Å². The molecule has 0 fully saturated rings. The first-order chi connectivity index (χ1) is 9.72. The Kier molecular flexibility index (Phi) is 3.88. The van der Waals surface area contributed by atoms with Crippen molar-refractivity contribution in [3.05, 3.63) is 53.3 Å². The van der Waals surface area contributed by atoms with Crippen molar-refractivity contribution in [3.63, 3.8) is 0 Å². The van der Waals surface area contributed by atoms with Crippen LogP contribution in [0.3, 0.4) is 0 Å². The lowest BCUT2D eigenvalue weighted by Gasteiger charge is -2.28. The van der Waals surface area contributed by atoms with Crippen LogP contribution in [0.1, 0.15) is 29.5 Å². The van der Waals surface area contributed by atoms with E-state index in [4.69, 9.17) is 0 Å². The van der Waals surface area contributed by atoms with E-state index in [1.54, 1.807) is 0 Å². The van der Waals surface area contributed by atoms with Crippen LogP contribution in [0.4, 0.5) is 0 Å². The molecular weight excluding hydrogens is 248 g/mol. The monoisotopic (exact) mass is 270 g/mol. The first-order valence-corrected chi connectivity index (χ1v) is 7.45. The third-order valence-corrected chi connectivity index (χ3v) is 4.42. The Morgan fingerprint density at radius 1 is 1.35 bits per heavy atom.